The van der Waals surface area contributed by atoms with Crippen LogP contribution in [0, 0.1) is 5.92 Å². The number of aromatic nitrogens is 4. The molecule has 2 N–H and O–H groups in total. The second-order valence-electron chi connectivity index (χ2n) is 5.31. The summed E-state index contributed by atoms with van der Waals surface area (Å²) >= 11 is 0. The Morgan fingerprint density at radius 3 is 2.57 bits per heavy atom. The topological polar surface area (TPSA) is 95.0 Å². The number of H-pyrrole nitrogens is 1. The summed E-state index contributed by atoms with van der Waals surface area (Å²) in [6.45, 7) is 4.37. The van der Waals surface area contributed by atoms with E-state index in [0.29, 0.717) is 24.7 Å². The van der Waals surface area contributed by atoms with Crippen LogP contribution in [0.1, 0.15) is 37.7 Å². The lowest BCUT2D eigenvalue weighted by Crippen LogP contribution is -2.34. The van der Waals surface area contributed by atoms with Crippen LogP contribution in [0.2, 0.25) is 0 Å². The Morgan fingerprint density at radius 2 is 2.05 bits per heavy atom. The highest BCUT2D eigenvalue weighted by Crippen LogP contribution is 2.26. The third-order valence-electron chi connectivity index (χ3n) is 3.17. The number of nitrogens with one attached hydrogen (secondary N) is 1. The summed E-state index contributed by atoms with van der Waals surface area (Å²) in [6.07, 6.45) is -0.354. The molecule has 0 spiro atoms. The number of benzene rings is 1. The van der Waals surface area contributed by atoms with Crippen LogP contribution in [0.3, 0.4) is 0 Å². The van der Waals surface area contributed by atoms with Crippen LogP contribution >= 0.6 is 0 Å². The van der Waals surface area contributed by atoms with Gasteiger partial charge in [0.25, 0.3) is 0 Å². The van der Waals surface area contributed by atoms with Crippen LogP contribution in [-0.4, -0.2) is 36.7 Å². The lowest BCUT2D eigenvalue weighted by molar-refractivity contribution is 0.110. The van der Waals surface area contributed by atoms with Crippen molar-refractivity contribution < 1.29 is 9.90 Å². The number of carboxylic acid groups (broad SMARTS) is 1. The van der Waals surface area contributed by atoms with E-state index in [4.69, 9.17) is 0 Å². The maximum Gasteiger partial charge on any atom is 0.408 e. The highest BCUT2D eigenvalue weighted by Gasteiger charge is 2.29. The number of carbonyl (C=O) groups is 1. The molecule has 1 aromatic carbocycles. The van der Waals surface area contributed by atoms with Crippen molar-refractivity contribution in [3.8, 4) is 0 Å². The molecule has 0 saturated heterocycles. The standard InChI is InChI=1S/C14H19N5O2/c1-10(2)8-12(13-15-17-18-16-13)19(14(20)21)9-11-6-4-3-5-7-11/h3-7,10,12H,8-9H2,1-2H3,(H,20,21)(H,15,16,17,18)/t12-/m1/s1. The van der Waals surface area contributed by atoms with Crippen molar-refractivity contribution in [3.63, 3.8) is 0 Å². The molecule has 7 nitrogen and oxygen atoms in total. The van der Waals surface area contributed by atoms with Gasteiger partial charge in [-0.15, -0.1) is 10.2 Å². The minimum Gasteiger partial charge on any atom is -0.465 e. The van der Waals surface area contributed by atoms with Gasteiger partial charge in [0.1, 0.15) is 0 Å². The van der Waals surface area contributed by atoms with E-state index in [0.717, 1.165) is 5.56 Å². The van der Waals surface area contributed by atoms with Gasteiger partial charge in [-0.1, -0.05) is 49.4 Å². The van der Waals surface area contributed by atoms with E-state index in [-0.39, 0.29) is 0 Å². The molecule has 2 rings (SSSR count). The fraction of sp³-hybridized carbons (Fsp3) is 0.429. The van der Waals surface area contributed by atoms with Crippen LogP contribution in [0.15, 0.2) is 30.3 Å². The van der Waals surface area contributed by atoms with Crippen molar-refractivity contribution in [1.29, 1.82) is 0 Å². The Bertz CT molecular complexity index is 556. The Hall–Kier alpha value is -2.44. The Labute approximate surface area is 123 Å². The van der Waals surface area contributed by atoms with E-state index in [2.05, 4.69) is 20.6 Å². The first kappa shape index (κ1) is 15.0. The van der Waals surface area contributed by atoms with Gasteiger partial charge in [0.15, 0.2) is 5.82 Å². The van der Waals surface area contributed by atoms with Gasteiger partial charge in [-0.25, -0.2) is 4.79 Å². The average molecular weight is 289 g/mol. The van der Waals surface area contributed by atoms with Crippen LogP contribution in [0.5, 0.6) is 0 Å². The molecule has 7 heteroatoms. The quantitative estimate of drug-likeness (QED) is 0.851. The number of aromatic amines is 1. The monoisotopic (exact) mass is 289 g/mol. The van der Waals surface area contributed by atoms with Crippen molar-refractivity contribution in [2.45, 2.75) is 32.9 Å². The molecule has 2 aromatic rings. The molecule has 0 saturated carbocycles. The molecular formula is C14H19N5O2. The molecule has 0 aliphatic rings. The fourth-order valence-electron chi connectivity index (χ4n) is 2.22. The first-order valence-electron chi connectivity index (χ1n) is 6.84. The lowest BCUT2D eigenvalue weighted by atomic mass is 10.0. The summed E-state index contributed by atoms with van der Waals surface area (Å²) in [4.78, 5) is 13.0. The van der Waals surface area contributed by atoms with Gasteiger partial charge >= 0.3 is 6.09 Å². The highest BCUT2D eigenvalue weighted by molar-refractivity contribution is 5.65. The number of rotatable bonds is 6. The maximum absolute atomic E-state index is 11.7. The zero-order valence-corrected chi connectivity index (χ0v) is 12.1. The summed E-state index contributed by atoms with van der Waals surface area (Å²) in [5, 5.41) is 23.4. The second-order valence-corrected chi connectivity index (χ2v) is 5.31. The minimum atomic E-state index is -0.991. The second kappa shape index (κ2) is 6.83. The maximum atomic E-state index is 11.7. The Morgan fingerprint density at radius 1 is 1.33 bits per heavy atom. The fourth-order valence-corrected chi connectivity index (χ4v) is 2.22. The van der Waals surface area contributed by atoms with Gasteiger partial charge in [0.2, 0.25) is 0 Å². The zero-order valence-electron chi connectivity index (χ0n) is 12.1. The number of amides is 1. The van der Waals surface area contributed by atoms with Crippen molar-refractivity contribution in [2.75, 3.05) is 0 Å². The summed E-state index contributed by atoms with van der Waals surface area (Å²) in [5.74, 6) is 0.716. The third-order valence-corrected chi connectivity index (χ3v) is 3.17. The van der Waals surface area contributed by atoms with Crippen molar-refractivity contribution in [3.05, 3.63) is 41.7 Å². The predicted molar refractivity (Wildman–Crippen MR) is 76.4 cm³/mol. The zero-order chi connectivity index (χ0) is 15.2. The van der Waals surface area contributed by atoms with Crippen LogP contribution < -0.4 is 0 Å². The van der Waals surface area contributed by atoms with Gasteiger partial charge in [0, 0.05) is 6.54 Å². The molecule has 1 aromatic heterocycles. The molecule has 0 aliphatic carbocycles. The summed E-state index contributed by atoms with van der Waals surface area (Å²) in [7, 11) is 0. The van der Waals surface area contributed by atoms with Crippen LogP contribution in [-0.2, 0) is 6.54 Å². The molecule has 1 amide bonds. The molecule has 0 aliphatic heterocycles. The molecule has 0 unspecified atom stereocenters. The summed E-state index contributed by atoms with van der Waals surface area (Å²) in [6, 6.07) is 9.07. The smallest absolute Gasteiger partial charge is 0.408 e. The lowest BCUT2D eigenvalue weighted by Gasteiger charge is -2.28. The average Bonchev–Trinajstić information content (AvgIpc) is 2.97. The molecular weight excluding hydrogens is 270 g/mol. The van der Waals surface area contributed by atoms with Gasteiger partial charge < -0.3 is 5.11 Å². The summed E-state index contributed by atoms with van der Waals surface area (Å²) < 4.78 is 0. The Kier molecular flexibility index (Phi) is 4.86. The van der Waals surface area contributed by atoms with Gasteiger partial charge in [-0.2, -0.15) is 5.21 Å². The van der Waals surface area contributed by atoms with E-state index in [1.165, 1.54) is 4.90 Å². The number of nitrogens with zero attached hydrogens (tertiary/aromatic N) is 4. The first-order valence-corrected chi connectivity index (χ1v) is 6.84. The molecule has 112 valence electrons. The van der Waals surface area contributed by atoms with E-state index >= 15 is 0 Å². The largest absolute Gasteiger partial charge is 0.465 e. The van der Waals surface area contributed by atoms with E-state index in [9.17, 15) is 9.90 Å². The molecule has 21 heavy (non-hydrogen) atoms. The van der Waals surface area contributed by atoms with E-state index in [1.54, 1.807) is 0 Å². The molecule has 0 radical (unpaired) electrons. The normalized spacial score (nSPS) is 12.3. The van der Waals surface area contributed by atoms with Crippen molar-refractivity contribution in [1.82, 2.24) is 25.5 Å². The van der Waals surface area contributed by atoms with E-state index < -0.39 is 12.1 Å². The van der Waals surface area contributed by atoms with Gasteiger partial charge in [-0.3, -0.25) is 4.90 Å². The van der Waals surface area contributed by atoms with Crippen molar-refractivity contribution in [2.24, 2.45) is 5.92 Å². The van der Waals surface area contributed by atoms with Crippen molar-refractivity contribution >= 4 is 6.09 Å². The summed E-state index contributed by atoms with van der Waals surface area (Å²) in [5.41, 5.74) is 0.928. The van der Waals surface area contributed by atoms with Crippen LogP contribution in [0.25, 0.3) is 0 Å². The molecule has 1 atom stereocenters. The number of tetrazole rings is 1. The van der Waals surface area contributed by atoms with Gasteiger partial charge in [0.05, 0.1) is 6.04 Å². The highest BCUT2D eigenvalue weighted by atomic mass is 16.4. The van der Waals surface area contributed by atoms with E-state index in [1.807, 2.05) is 44.2 Å². The molecule has 1 heterocycles. The first-order chi connectivity index (χ1) is 10.1. The number of hydrogen-bond acceptors (Lipinski definition) is 4. The number of hydrogen-bond donors (Lipinski definition) is 2. The SMILES string of the molecule is CC(C)C[C@H](c1nn[nH]n1)N(Cc1ccccc1)C(=O)O. The molecule has 0 bridgehead atoms. The third kappa shape index (κ3) is 4.01. The van der Waals surface area contributed by atoms with Gasteiger partial charge in [-0.05, 0) is 17.9 Å². The minimum absolute atomic E-state index is 0.294. The molecule has 0 fully saturated rings. The van der Waals surface area contributed by atoms with Crippen LogP contribution in [0.4, 0.5) is 4.79 Å². The Balaban J connectivity index is 2.26. The predicted octanol–water partition coefficient (Wildman–Crippen LogP) is 2.47.